The Morgan fingerprint density at radius 3 is 2.67 bits per heavy atom. The Morgan fingerprint density at radius 2 is 1.96 bits per heavy atom. The van der Waals surface area contributed by atoms with Gasteiger partial charge in [0.05, 0.1) is 50.0 Å². The molecule has 0 radical (unpaired) electrons. The van der Waals surface area contributed by atoms with Gasteiger partial charge in [-0.1, -0.05) is 0 Å². The van der Waals surface area contributed by atoms with Crippen molar-refractivity contribution < 1.29 is 14.3 Å². The molecule has 2 aliphatic heterocycles. The zero-order valence-electron chi connectivity index (χ0n) is 15.4. The number of aromatic nitrogens is 3. The average Bonchev–Trinajstić information content (AvgIpc) is 3.15. The van der Waals surface area contributed by atoms with Crippen LogP contribution in [0, 0.1) is 0 Å². The van der Waals surface area contributed by atoms with Crippen molar-refractivity contribution in [2.24, 2.45) is 7.05 Å². The minimum atomic E-state index is -0.162. The molecule has 2 aliphatic rings. The second-order valence-corrected chi connectivity index (χ2v) is 6.60. The number of rotatable bonds is 3. The van der Waals surface area contributed by atoms with Crippen LogP contribution in [0.1, 0.15) is 11.7 Å². The van der Waals surface area contributed by atoms with Gasteiger partial charge < -0.3 is 24.6 Å². The summed E-state index contributed by atoms with van der Waals surface area (Å²) in [5.74, 6) is 0.899. The SMILES string of the molecule is Cn1nccc1C1COCCN1C(=O)Nc1ccc(N2CCOCC2)nc1. The number of carbonyl (C=O) groups excluding carboxylic acids is 1. The molecule has 9 nitrogen and oxygen atoms in total. The Kier molecular flexibility index (Phi) is 5.21. The first-order valence-corrected chi connectivity index (χ1v) is 9.14. The summed E-state index contributed by atoms with van der Waals surface area (Å²) < 4.78 is 12.7. The molecule has 2 aromatic rings. The maximum Gasteiger partial charge on any atom is 0.322 e. The van der Waals surface area contributed by atoms with Crippen LogP contribution in [0.15, 0.2) is 30.6 Å². The lowest BCUT2D eigenvalue weighted by atomic mass is 10.1. The van der Waals surface area contributed by atoms with Gasteiger partial charge >= 0.3 is 6.03 Å². The van der Waals surface area contributed by atoms with Gasteiger partial charge in [-0.3, -0.25) is 4.68 Å². The highest BCUT2D eigenvalue weighted by molar-refractivity contribution is 5.89. The van der Waals surface area contributed by atoms with Crippen LogP contribution in [-0.4, -0.2) is 71.8 Å². The van der Waals surface area contributed by atoms with E-state index in [0.29, 0.717) is 38.7 Å². The van der Waals surface area contributed by atoms with Crippen molar-refractivity contribution >= 4 is 17.5 Å². The molecule has 1 atom stereocenters. The van der Waals surface area contributed by atoms with Crippen molar-refractivity contribution in [1.29, 1.82) is 0 Å². The van der Waals surface area contributed by atoms with Crippen LogP contribution >= 0.6 is 0 Å². The maximum atomic E-state index is 12.8. The van der Waals surface area contributed by atoms with Crippen molar-refractivity contribution in [3.05, 3.63) is 36.3 Å². The average molecular weight is 372 g/mol. The number of hydrogen-bond donors (Lipinski definition) is 1. The van der Waals surface area contributed by atoms with E-state index in [9.17, 15) is 4.79 Å². The highest BCUT2D eigenvalue weighted by atomic mass is 16.5. The smallest absolute Gasteiger partial charge is 0.322 e. The number of amides is 2. The molecule has 1 N–H and O–H groups in total. The van der Waals surface area contributed by atoms with Gasteiger partial charge in [-0.2, -0.15) is 5.10 Å². The fraction of sp³-hybridized carbons (Fsp3) is 0.500. The van der Waals surface area contributed by atoms with E-state index in [-0.39, 0.29) is 12.1 Å². The van der Waals surface area contributed by atoms with E-state index in [4.69, 9.17) is 9.47 Å². The van der Waals surface area contributed by atoms with Crippen molar-refractivity contribution in [2.45, 2.75) is 6.04 Å². The number of nitrogens with one attached hydrogen (secondary N) is 1. The van der Waals surface area contributed by atoms with Crippen LogP contribution in [0.5, 0.6) is 0 Å². The van der Waals surface area contributed by atoms with Gasteiger partial charge in [0.15, 0.2) is 0 Å². The minimum absolute atomic E-state index is 0.160. The fourth-order valence-electron chi connectivity index (χ4n) is 3.44. The van der Waals surface area contributed by atoms with Gasteiger partial charge in [0.25, 0.3) is 0 Å². The first-order chi connectivity index (χ1) is 13.2. The van der Waals surface area contributed by atoms with E-state index in [1.165, 1.54) is 0 Å². The first kappa shape index (κ1) is 17.7. The summed E-state index contributed by atoms with van der Waals surface area (Å²) in [6.45, 7) is 4.61. The number of ether oxygens (including phenoxy) is 2. The standard InChI is InChI=1S/C18H24N6O3/c1-22-15(4-5-20-22)16-13-27-11-8-24(16)18(25)21-14-2-3-17(19-12-14)23-6-9-26-10-7-23/h2-5,12,16H,6-11,13H2,1H3,(H,21,25). The van der Waals surface area contributed by atoms with Gasteiger partial charge in [0.2, 0.25) is 0 Å². The molecule has 27 heavy (non-hydrogen) atoms. The zero-order valence-corrected chi connectivity index (χ0v) is 15.4. The largest absolute Gasteiger partial charge is 0.378 e. The van der Waals surface area contributed by atoms with Crippen LogP contribution in [0.25, 0.3) is 0 Å². The molecule has 1 unspecified atom stereocenters. The zero-order chi connectivity index (χ0) is 18.6. The Morgan fingerprint density at radius 1 is 1.15 bits per heavy atom. The molecular weight excluding hydrogens is 348 g/mol. The van der Waals surface area contributed by atoms with Gasteiger partial charge in [-0.05, 0) is 18.2 Å². The normalized spacial score (nSPS) is 20.6. The van der Waals surface area contributed by atoms with E-state index >= 15 is 0 Å². The van der Waals surface area contributed by atoms with Gasteiger partial charge in [0, 0.05) is 32.9 Å². The number of aryl methyl sites for hydroxylation is 1. The van der Waals surface area contributed by atoms with E-state index in [1.807, 2.05) is 25.2 Å². The van der Waals surface area contributed by atoms with Crippen LogP contribution in [0.3, 0.4) is 0 Å². The number of nitrogens with zero attached hydrogens (tertiary/aromatic N) is 5. The van der Waals surface area contributed by atoms with Crippen LogP contribution in [0.2, 0.25) is 0 Å². The van der Waals surface area contributed by atoms with Crippen LogP contribution in [0.4, 0.5) is 16.3 Å². The number of hydrogen-bond acceptors (Lipinski definition) is 6. The van der Waals surface area contributed by atoms with Crippen molar-refractivity contribution in [2.75, 3.05) is 56.3 Å². The summed E-state index contributed by atoms with van der Waals surface area (Å²) in [5.41, 5.74) is 1.62. The predicted molar refractivity (Wildman–Crippen MR) is 99.8 cm³/mol. The quantitative estimate of drug-likeness (QED) is 0.873. The van der Waals surface area contributed by atoms with Crippen molar-refractivity contribution in [3.8, 4) is 0 Å². The van der Waals surface area contributed by atoms with Crippen molar-refractivity contribution in [1.82, 2.24) is 19.7 Å². The molecule has 4 heterocycles. The third kappa shape index (κ3) is 3.88. The molecule has 144 valence electrons. The third-order valence-corrected chi connectivity index (χ3v) is 4.92. The number of urea groups is 1. The van der Waals surface area contributed by atoms with E-state index in [0.717, 1.165) is 24.6 Å². The molecule has 0 aliphatic carbocycles. The van der Waals surface area contributed by atoms with E-state index in [1.54, 1.807) is 22.0 Å². The topological polar surface area (TPSA) is 84.8 Å². The third-order valence-electron chi connectivity index (χ3n) is 4.92. The monoisotopic (exact) mass is 372 g/mol. The highest BCUT2D eigenvalue weighted by Crippen LogP contribution is 2.25. The predicted octanol–water partition coefficient (Wildman–Crippen LogP) is 1.26. The molecule has 4 rings (SSSR count). The summed E-state index contributed by atoms with van der Waals surface area (Å²) in [4.78, 5) is 21.3. The molecule has 2 fully saturated rings. The van der Waals surface area contributed by atoms with E-state index < -0.39 is 0 Å². The lowest BCUT2D eigenvalue weighted by molar-refractivity contribution is 0.0120. The second kappa shape index (κ2) is 7.93. The molecule has 0 spiro atoms. The highest BCUT2D eigenvalue weighted by Gasteiger charge is 2.30. The van der Waals surface area contributed by atoms with Gasteiger partial charge in [-0.25, -0.2) is 9.78 Å². The lowest BCUT2D eigenvalue weighted by Gasteiger charge is -2.35. The van der Waals surface area contributed by atoms with Crippen LogP contribution in [-0.2, 0) is 16.5 Å². The summed E-state index contributed by atoms with van der Waals surface area (Å²) in [6, 6.07) is 5.41. The number of anilines is 2. The Bertz CT molecular complexity index is 772. The first-order valence-electron chi connectivity index (χ1n) is 9.14. The molecule has 2 amide bonds. The minimum Gasteiger partial charge on any atom is -0.378 e. The molecule has 2 aromatic heterocycles. The number of pyridine rings is 1. The summed E-state index contributed by atoms with van der Waals surface area (Å²) in [5, 5.41) is 7.15. The Labute approximate surface area is 157 Å². The molecule has 0 aromatic carbocycles. The molecule has 2 saturated heterocycles. The Hall–Kier alpha value is -2.65. The second-order valence-electron chi connectivity index (χ2n) is 6.60. The molecular formula is C18H24N6O3. The molecule has 0 saturated carbocycles. The van der Waals surface area contributed by atoms with Crippen molar-refractivity contribution in [3.63, 3.8) is 0 Å². The maximum absolute atomic E-state index is 12.8. The molecule has 9 heteroatoms. The summed E-state index contributed by atoms with van der Waals surface area (Å²) in [6.07, 6.45) is 3.43. The molecule has 0 bridgehead atoms. The number of morpholine rings is 2. The lowest BCUT2D eigenvalue weighted by Crippen LogP contribution is -2.46. The fourth-order valence-corrected chi connectivity index (χ4v) is 3.44. The Balaban J connectivity index is 1.43. The van der Waals surface area contributed by atoms with Gasteiger partial charge in [-0.15, -0.1) is 0 Å². The van der Waals surface area contributed by atoms with Crippen LogP contribution < -0.4 is 10.2 Å². The van der Waals surface area contributed by atoms with Gasteiger partial charge in [0.1, 0.15) is 5.82 Å². The van der Waals surface area contributed by atoms with E-state index in [2.05, 4.69) is 20.3 Å². The summed E-state index contributed by atoms with van der Waals surface area (Å²) >= 11 is 0. The number of carbonyl (C=O) groups is 1. The summed E-state index contributed by atoms with van der Waals surface area (Å²) in [7, 11) is 1.87.